The summed E-state index contributed by atoms with van der Waals surface area (Å²) in [6.07, 6.45) is 2.80. The van der Waals surface area contributed by atoms with E-state index in [-0.39, 0.29) is 16.4 Å². The van der Waals surface area contributed by atoms with Gasteiger partial charge in [-0.2, -0.15) is 8.42 Å². The lowest BCUT2D eigenvalue weighted by Gasteiger charge is -2.24. The topological polar surface area (TPSA) is 80.4 Å². The van der Waals surface area contributed by atoms with Crippen molar-refractivity contribution in [1.29, 1.82) is 0 Å². The van der Waals surface area contributed by atoms with Gasteiger partial charge in [0.15, 0.2) is 0 Å². The fourth-order valence-electron chi connectivity index (χ4n) is 1.15. The molecule has 0 heterocycles. The molecule has 1 aliphatic rings. The molecule has 3 N–H and O–H groups in total. The van der Waals surface area contributed by atoms with Gasteiger partial charge in [0.05, 0.1) is 4.91 Å². The molecule has 4 nitrogen and oxygen atoms in total. The SMILES string of the molecule is CC1(N)C=C(Cl)C=C(S(=O)(=O)O)C1. The van der Waals surface area contributed by atoms with Gasteiger partial charge in [0.25, 0.3) is 10.1 Å². The molecule has 0 aliphatic heterocycles. The molecule has 0 radical (unpaired) electrons. The van der Waals surface area contributed by atoms with Crippen LogP contribution in [0.5, 0.6) is 0 Å². The second-order valence-corrected chi connectivity index (χ2v) is 5.21. The highest BCUT2D eigenvalue weighted by Gasteiger charge is 2.28. The van der Waals surface area contributed by atoms with Gasteiger partial charge < -0.3 is 5.73 Å². The number of rotatable bonds is 1. The van der Waals surface area contributed by atoms with Crippen LogP contribution in [0.2, 0.25) is 0 Å². The molecule has 1 aliphatic carbocycles. The van der Waals surface area contributed by atoms with Crippen molar-refractivity contribution < 1.29 is 13.0 Å². The fourth-order valence-corrected chi connectivity index (χ4v) is 2.37. The summed E-state index contributed by atoms with van der Waals surface area (Å²) in [6, 6.07) is 0. The van der Waals surface area contributed by atoms with E-state index in [1.165, 1.54) is 6.08 Å². The summed E-state index contributed by atoms with van der Waals surface area (Å²) in [5, 5.41) is 0.226. The number of allylic oxidation sites excluding steroid dienone is 2. The molecule has 0 bridgehead atoms. The Morgan fingerprint density at radius 3 is 2.62 bits per heavy atom. The summed E-state index contributed by atoms with van der Waals surface area (Å²) in [7, 11) is -4.17. The summed E-state index contributed by atoms with van der Waals surface area (Å²) < 4.78 is 30.3. The van der Waals surface area contributed by atoms with E-state index in [1.54, 1.807) is 13.0 Å². The molecule has 0 aromatic rings. The Labute approximate surface area is 81.8 Å². The minimum Gasteiger partial charge on any atom is -0.322 e. The second-order valence-electron chi connectivity index (χ2n) is 3.30. The second kappa shape index (κ2) is 3.09. The van der Waals surface area contributed by atoms with Gasteiger partial charge in [0.1, 0.15) is 0 Å². The minimum absolute atomic E-state index is 0.0576. The average molecular weight is 224 g/mol. The molecule has 0 aromatic heterocycles. The van der Waals surface area contributed by atoms with E-state index >= 15 is 0 Å². The zero-order valence-corrected chi connectivity index (χ0v) is 8.56. The lowest BCUT2D eigenvalue weighted by Crippen LogP contribution is -2.36. The van der Waals surface area contributed by atoms with Crippen LogP contribution in [0.25, 0.3) is 0 Å². The molecule has 1 unspecified atom stereocenters. The minimum atomic E-state index is -4.17. The summed E-state index contributed by atoms with van der Waals surface area (Å²) >= 11 is 5.63. The molecule has 1 rings (SSSR count). The Balaban J connectivity index is 3.13. The summed E-state index contributed by atoms with van der Waals surface area (Å²) in [5.41, 5.74) is 4.86. The van der Waals surface area contributed by atoms with Gasteiger partial charge in [-0.1, -0.05) is 11.6 Å². The van der Waals surface area contributed by atoms with Crippen LogP contribution in [0.3, 0.4) is 0 Å². The van der Waals surface area contributed by atoms with Crippen molar-refractivity contribution in [3.63, 3.8) is 0 Å². The fraction of sp³-hybridized carbons (Fsp3) is 0.429. The maximum absolute atomic E-state index is 10.8. The first-order valence-corrected chi connectivity index (χ1v) is 5.38. The van der Waals surface area contributed by atoms with E-state index in [0.29, 0.717) is 0 Å². The third-order valence-electron chi connectivity index (χ3n) is 1.65. The van der Waals surface area contributed by atoms with Crippen molar-refractivity contribution in [2.75, 3.05) is 0 Å². The van der Waals surface area contributed by atoms with Gasteiger partial charge in [-0.3, -0.25) is 4.55 Å². The van der Waals surface area contributed by atoms with Crippen LogP contribution in [0, 0.1) is 0 Å². The number of hydrogen-bond acceptors (Lipinski definition) is 3. The van der Waals surface area contributed by atoms with Crippen molar-refractivity contribution in [2.24, 2.45) is 5.73 Å². The van der Waals surface area contributed by atoms with Crippen molar-refractivity contribution in [2.45, 2.75) is 18.9 Å². The Morgan fingerprint density at radius 1 is 1.69 bits per heavy atom. The Morgan fingerprint density at radius 2 is 2.23 bits per heavy atom. The quantitative estimate of drug-likeness (QED) is 0.650. The van der Waals surface area contributed by atoms with Gasteiger partial charge in [-0.25, -0.2) is 0 Å². The first-order chi connectivity index (χ1) is 5.71. The van der Waals surface area contributed by atoms with Gasteiger partial charge in [0.2, 0.25) is 0 Å². The molecular weight excluding hydrogens is 214 g/mol. The Hall–Kier alpha value is -0.360. The molecule has 0 aromatic carbocycles. The molecule has 0 fully saturated rings. The number of hydrogen-bond donors (Lipinski definition) is 2. The van der Waals surface area contributed by atoms with E-state index in [0.717, 1.165) is 0 Å². The Kier molecular flexibility index (Phi) is 2.55. The standard InChI is InChI=1S/C7H10ClNO3S/c1-7(9)3-5(8)2-6(4-7)13(10,11)12/h2-3H,4,9H2,1H3,(H,10,11,12). The van der Waals surface area contributed by atoms with E-state index in [4.69, 9.17) is 21.9 Å². The Bertz CT molecular complexity index is 381. The maximum atomic E-state index is 10.8. The highest BCUT2D eigenvalue weighted by molar-refractivity contribution is 7.89. The van der Waals surface area contributed by atoms with Gasteiger partial charge >= 0.3 is 0 Å². The van der Waals surface area contributed by atoms with E-state index in [9.17, 15) is 8.42 Å². The molecule has 1 atom stereocenters. The van der Waals surface area contributed by atoms with Crippen LogP contribution in [-0.2, 0) is 10.1 Å². The van der Waals surface area contributed by atoms with E-state index in [2.05, 4.69) is 0 Å². The molecule has 13 heavy (non-hydrogen) atoms. The van der Waals surface area contributed by atoms with Gasteiger partial charge in [-0.05, 0) is 19.1 Å². The predicted octanol–water partition coefficient (Wildman–Crippen LogP) is 1.00. The first kappa shape index (κ1) is 10.7. The molecular formula is C7H10ClNO3S. The molecule has 0 spiro atoms. The van der Waals surface area contributed by atoms with E-state index in [1.807, 2.05) is 0 Å². The van der Waals surface area contributed by atoms with Crippen molar-refractivity contribution >= 4 is 21.7 Å². The van der Waals surface area contributed by atoms with Gasteiger partial charge in [-0.15, -0.1) is 0 Å². The largest absolute Gasteiger partial charge is 0.322 e. The lowest BCUT2D eigenvalue weighted by atomic mass is 9.95. The maximum Gasteiger partial charge on any atom is 0.290 e. The molecule has 0 saturated carbocycles. The number of halogens is 1. The first-order valence-electron chi connectivity index (χ1n) is 3.56. The average Bonchev–Trinajstić information content (AvgIpc) is 1.79. The van der Waals surface area contributed by atoms with Crippen LogP contribution in [0.15, 0.2) is 22.1 Å². The van der Waals surface area contributed by atoms with E-state index < -0.39 is 15.7 Å². The molecule has 74 valence electrons. The summed E-state index contributed by atoms with van der Waals surface area (Å²) in [4.78, 5) is -0.148. The lowest BCUT2D eigenvalue weighted by molar-refractivity contribution is 0.481. The normalized spacial score (nSPS) is 29.5. The van der Waals surface area contributed by atoms with Crippen molar-refractivity contribution in [3.8, 4) is 0 Å². The van der Waals surface area contributed by atoms with Gasteiger partial charge in [0, 0.05) is 17.0 Å². The monoisotopic (exact) mass is 223 g/mol. The molecule has 6 heteroatoms. The van der Waals surface area contributed by atoms with Crippen molar-refractivity contribution in [1.82, 2.24) is 0 Å². The predicted molar refractivity (Wildman–Crippen MR) is 50.8 cm³/mol. The summed E-state index contributed by atoms with van der Waals surface area (Å²) in [6.45, 7) is 1.63. The van der Waals surface area contributed by atoms with Crippen LogP contribution >= 0.6 is 11.6 Å². The van der Waals surface area contributed by atoms with Crippen LogP contribution in [0.4, 0.5) is 0 Å². The van der Waals surface area contributed by atoms with Crippen LogP contribution < -0.4 is 5.73 Å². The smallest absolute Gasteiger partial charge is 0.290 e. The van der Waals surface area contributed by atoms with Crippen molar-refractivity contribution in [3.05, 3.63) is 22.1 Å². The van der Waals surface area contributed by atoms with Crippen LogP contribution in [0.1, 0.15) is 13.3 Å². The number of nitrogens with two attached hydrogens (primary N) is 1. The zero-order valence-electron chi connectivity index (χ0n) is 6.99. The third kappa shape index (κ3) is 2.80. The highest BCUT2D eigenvalue weighted by Crippen LogP contribution is 2.28. The highest BCUT2D eigenvalue weighted by atomic mass is 35.5. The summed E-state index contributed by atoms with van der Waals surface area (Å²) in [5.74, 6) is 0. The van der Waals surface area contributed by atoms with Crippen LogP contribution in [-0.4, -0.2) is 18.5 Å². The third-order valence-corrected chi connectivity index (χ3v) is 2.80. The molecule has 0 saturated heterocycles. The zero-order chi connectivity index (χ0) is 10.3. The molecule has 0 amide bonds.